The molecular formula is C21H29N3O5S2. The third-order valence-corrected chi connectivity index (χ3v) is 8.33. The molecule has 0 heterocycles. The molecule has 0 aliphatic rings. The van der Waals surface area contributed by atoms with Crippen LogP contribution in [-0.4, -0.2) is 46.2 Å². The maximum absolute atomic E-state index is 12.9. The van der Waals surface area contributed by atoms with Crippen molar-refractivity contribution in [3.8, 4) is 0 Å². The molecule has 0 radical (unpaired) electrons. The van der Waals surface area contributed by atoms with Gasteiger partial charge in [0.15, 0.2) is 0 Å². The highest BCUT2D eigenvalue weighted by atomic mass is 32.2. The lowest BCUT2D eigenvalue weighted by Gasteiger charge is -2.18. The van der Waals surface area contributed by atoms with Crippen LogP contribution in [0.15, 0.2) is 58.3 Å². The number of sulfonamides is 2. The van der Waals surface area contributed by atoms with Crippen LogP contribution in [0.25, 0.3) is 0 Å². The van der Waals surface area contributed by atoms with Crippen LogP contribution < -0.4 is 10.0 Å². The molecule has 0 bridgehead atoms. The van der Waals surface area contributed by atoms with Crippen molar-refractivity contribution in [3.63, 3.8) is 0 Å². The van der Waals surface area contributed by atoms with E-state index < -0.39 is 20.0 Å². The van der Waals surface area contributed by atoms with E-state index in [-0.39, 0.29) is 33.0 Å². The molecular weight excluding hydrogens is 438 g/mol. The van der Waals surface area contributed by atoms with E-state index in [2.05, 4.69) is 10.0 Å². The summed E-state index contributed by atoms with van der Waals surface area (Å²) in [7, 11) is -7.72. The largest absolute Gasteiger partial charge is 0.350 e. The Morgan fingerprint density at radius 2 is 1.45 bits per heavy atom. The normalized spacial score (nSPS) is 13.1. The molecule has 0 saturated carbocycles. The second-order valence-electron chi connectivity index (χ2n) is 6.99. The van der Waals surface area contributed by atoms with Gasteiger partial charge in [-0.05, 0) is 49.7 Å². The minimum Gasteiger partial charge on any atom is -0.350 e. The van der Waals surface area contributed by atoms with Crippen molar-refractivity contribution in [2.24, 2.45) is 0 Å². The monoisotopic (exact) mass is 467 g/mol. The number of carbonyl (C=O) groups is 1. The highest BCUT2D eigenvalue weighted by molar-refractivity contribution is 7.92. The number of nitrogens with zero attached hydrogens (tertiary/aromatic N) is 1. The molecule has 8 nitrogen and oxygen atoms in total. The molecule has 0 aliphatic carbocycles. The fraction of sp³-hybridized carbons (Fsp3) is 0.381. The van der Waals surface area contributed by atoms with Gasteiger partial charge < -0.3 is 5.32 Å². The molecule has 2 aromatic rings. The van der Waals surface area contributed by atoms with E-state index in [1.165, 1.54) is 40.7 Å². The lowest BCUT2D eigenvalue weighted by atomic mass is 10.1. The Hall–Kier alpha value is -2.43. The Labute approximate surface area is 184 Å². The zero-order valence-corrected chi connectivity index (χ0v) is 19.8. The van der Waals surface area contributed by atoms with Gasteiger partial charge in [0.25, 0.3) is 15.9 Å². The van der Waals surface area contributed by atoms with Crippen molar-refractivity contribution in [2.75, 3.05) is 17.8 Å². The van der Waals surface area contributed by atoms with Gasteiger partial charge in [-0.15, -0.1) is 0 Å². The zero-order chi connectivity index (χ0) is 23.2. The third kappa shape index (κ3) is 5.84. The number of rotatable bonds is 10. The lowest BCUT2D eigenvalue weighted by Crippen LogP contribution is -2.32. The number of nitrogens with one attached hydrogen (secondary N) is 2. The smallest absolute Gasteiger partial charge is 0.261 e. The molecule has 31 heavy (non-hydrogen) atoms. The van der Waals surface area contributed by atoms with Crippen molar-refractivity contribution in [1.29, 1.82) is 0 Å². The first kappa shape index (κ1) is 24.8. The molecule has 1 atom stereocenters. The van der Waals surface area contributed by atoms with Gasteiger partial charge in [0.1, 0.15) is 0 Å². The first-order chi connectivity index (χ1) is 14.6. The van der Waals surface area contributed by atoms with Gasteiger partial charge in [-0.3, -0.25) is 9.52 Å². The summed E-state index contributed by atoms with van der Waals surface area (Å²) in [6, 6.07) is 11.3. The van der Waals surface area contributed by atoms with Gasteiger partial charge in [0.05, 0.1) is 21.0 Å². The van der Waals surface area contributed by atoms with Gasteiger partial charge in [-0.2, -0.15) is 4.31 Å². The first-order valence-corrected chi connectivity index (χ1v) is 13.0. The van der Waals surface area contributed by atoms with E-state index in [1.807, 2.05) is 13.8 Å². The Balaban J connectivity index is 2.31. The number of carbonyl (C=O) groups excluding carboxylic acids is 1. The molecule has 2 aromatic carbocycles. The molecule has 0 aliphatic heterocycles. The van der Waals surface area contributed by atoms with Crippen LogP contribution in [0.5, 0.6) is 0 Å². The van der Waals surface area contributed by atoms with Gasteiger partial charge in [0, 0.05) is 19.1 Å². The SMILES string of the molecule is CCC(C)NC(=O)c1ccccc1NS(=O)(=O)c1ccc(S(=O)(=O)N(CC)CC)cc1. The van der Waals surface area contributed by atoms with Crippen molar-refractivity contribution in [1.82, 2.24) is 9.62 Å². The van der Waals surface area contributed by atoms with Gasteiger partial charge >= 0.3 is 0 Å². The predicted molar refractivity (Wildman–Crippen MR) is 121 cm³/mol. The molecule has 0 aromatic heterocycles. The van der Waals surface area contributed by atoms with Crippen LogP contribution in [-0.2, 0) is 20.0 Å². The minimum absolute atomic E-state index is 0.0171. The number of amides is 1. The summed E-state index contributed by atoms with van der Waals surface area (Å²) in [5.41, 5.74) is 0.343. The maximum atomic E-state index is 12.9. The van der Waals surface area contributed by atoms with Crippen LogP contribution in [0.2, 0.25) is 0 Å². The number of benzene rings is 2. The molecule has 1 amide bonds. The van der Waals surface area contributed by atoms with E-state index in [9.17, 15) is 21.6 Å². The predicted octanol–water partition coefficient (Wildman–Crippen LogP) is 3.05. The summed E-state index contributed by atoms with van der Waals surface area (Å²) < 4.78 is 54.6. The quantitative estimate of drug-likeness (QED) is 0.558. The fourth-order valence-electron chi connectivity index (χ4n) is 2.88. The summed E-state index contributed by atoms with van der Waals surface area (Å²) in [6.07, 6.45) is 0.738. The van der Waals surface area contributed by atoms with Crippen molar-refractivity contribution in [2.45, 2.75) is 49.9 Å². The Kier molecular flexibility index (Phi) is 8.21. The summed E-state index contributed by atoms with van der Waals surface area (Å²) >= 11 is 0. The number of anilines is 1. The van der Waals surface area contributed by atoms with Crippen LogP contribution in [0.3, 0.4) is 0 Å². The van der Waals surface area contributed by atoms with Gasteiger partial charge in [-0.1, -0.05) is 32.9 Å². The summed E-state index contributed by atoms with van der Waals surface area (Å²) in [5.74, 6) is -0.381. The molecule has 2 N–H and O–H groups in total. The van der Waals surface area contributed by atoms with E-state index in [0.29, 0.717) is 13.1 Å². The Bertz CT molecular complexity index is 1110. The lowest BCUT2D eigenvalue weighted by molar-refractivity contribution is 0.0940. The van der Waals surface area contributed by atoms with Crippen LogP contribution in [0.4, 0.5) is 5.69 Å². The highest BCUT2D eigenvalue weighted by Gasteiger charge is 2.23. The second-order valence-corrected chi connectivity index (χ2v) is 10.6. The van der Waals surface area contributed by atoms with Crippen LogP contribution >= 0.6 is 0 Å². The number of hydrogen-bond acceptors (Lipinski definition) is 5. The average molecular weight is 468 g/mol. The molecule has 0 spiro atoms. The zero-order valence-electron chi connectivity index (χ0n) is 18.1. The highest BCUT2D eigenvalue weighted by Crippen LogP contribution is 2.22. The molecule has 10 heteroatoms. The second kappa shape index (κ2) is 10.3. The van der Waals surface area contributed by atoms with E-state index >= 15 is 0 Å². The maximum Gasteiger partial charge on any atom is 0.261 e. The molecule has 0 fully saturated rings. The first-order valence-electron chi connectivity index (χ1n) is 10.1. The van der Waals surface area contributed by atoms with Gasteiger partial charge in [-0.25, -0.2) is 16.8 Å². The van der Waals surface area contributed by atoms with Crippen molar-refractivity contribution in [3.05, 3.63) is 54.1 Å². The summed E-state index contributed by atoms with van der Waals surface area (Å²) in [4.78, 5) is 12.4. The Morgan fingerprint density at radius 1 is 0.903 bits per heavy atom. The van der Waals surface area contributed by atoms with Crippen LogP contribution in [0.1, 0.15) is 44.5 Å². The topological polar surface area (TPSA) is 113 Å². The molecule has 0 saturated heterocycles. The molecule has 2 rings (SSSR count). The van der Waals surface area contributed by atoms with Crippen LogP contribution in [0, 0.1) is 0 Å². The summed E-state index contributed by atoms with van der Waals surface area (Å²) in [5, 5.41) is 2.81. The average Bonchev–Trinajstić information content (AvgIpc) is 2.74. The van der Waals surface area contributed by atoms with Crippen molar-refractivity contribution < 1.29 is 21.6 Å². The standard InChI is InChI=1S/C21H29N3O5S2/c1-5-16(4)22-21(25)19-10-8-9-11-20(19)23-30(26,27)17-12-14-18(15-13-17)31(28,29)24(6-2)7-3/h8-16,23H,5-7H2,1-4H3,(H,22,25). The number of para-hydroxylation sites is 1. The fourth-order valence-corrected chi connectivity index (χ4v) is 5.42. The Morgan fingerprint density at radius 3 is 2.00 bits per heavy atom. The minimum atomic E-state index is -4.04. The van der Waals surface area contributed by atoms with E-state index in [1.54, 1.807) is 26.0 Å². The van der Waals surface area contributed by atoms with Gasteiger partial charge in [0.2, 0.25) is 10.0 Å². The number of hydrogen-bond donors (Lipinski definition) is 2. The third-order valence-electron chi connectivity index (χ3n) is 4.88. The van der Waals surface area contributed by atoms with E-state index in [0.717, 1.165) is 6.42 Å². The molecule has 170 valence electrons. The molecule has 1 unspecified atom stereocenters. The summed E-state index contributed by atoms with van der Waals surface area (Å²) in [6.45, 7) is 7.89. The van der Waals surface area contributed by atoms with Crippen molar-refractivity contribution >= 4 is 31.6 Å². The van der Waals surface area contributed by atoms with E-state index in [4.69, 9.17) is 0 Å².